The first kappa shape index (κ1) is 38.6. The number of allylic oxidation sites excluding steroid dienone is 1. The number of aromatic nitrogens is 5. The Balaban J connectivity index is 0.793. The van der Waals surface area contributed by atoms with Crippen LogP contribution in [0.2, 0.25) is 0 Å². The maximum atomic E-state index is 13.5. The highest BCUT2D eigenvalue weighted by Crippen LogP contribution is 2.38. The molecular formula is C45H52N10O4. The van der Waals surface area contributed by atoms with E-state index in [-0.39, 0.29) is 29.8 Å². The number of piperidine rings is 2. The molecule has 3 saturated heterocycles. The van der Waals surface area contributed by atoms with Crippen LogP contribution in [0.3, 0.4) is 0 Å². The van der Waals surface area contributed by atoms with Crippen LogP contribution in [0.5, 0.6) is 0 Å². The Labute approximate surface area is 343 Å². The fourth-order valence-corrected chi connectivity index (χ4v) is 9.35. The summed E-state index contributed by atoms with van der Waals surface area (Å²) in [7, 11) is 0. The van der Waals surface area contributed by atoms with Crippen molar-refractivity contribution in [3.8, 4) is 5.82 Å². The summed E-state index contributed by atoms with van der Waals surface area (Å²) in [5.41, 5.74) is 5.09. The van der Waals surface area contributed by atoms with Gasteiger partial charge in [-0.3, -0.25) is 24.6 Å². The summed E-state index contributed by atoms with van der Waals surface area (Å²) >= 11 is 0. The molecule has 5 aromatic rings. The number of imide groups is 1. The van der Waals surface area contributed by atoms with E-state index in [1.165, 1.54) is 11.4 Å². The maximum Gasteiger partial charge on any atom is 0.278 e. The van der Waals surface area contributed by atoms with E-state index in [0.29, 0.717) is 60.1 Å². The van der Waals surface area contributed by atoms with Crippen LogP contribution in [-0.2, 0) is 28.2 Å². The van der Waals surface area contributed by atoms with Crippen LogP contribution in [0.1, 0.15) is 68.2 Å². The van der Waals surface area contributed by atoms with Gasteiger partial charge in [0.15, 0.2) is 11.5 Å². The highest BCUT2D eigenvalue weighted by molar-refractivity contribution is 6.01. The molecule has 2 atom stereocenters. The molecule has 3 aliphatic heterocycles. The standard InChI is InChI=1S/C45H52N10O4/c1-3-21-54-43(58)37-28-46-44(50-41(37)55(54)38-15-7-32-17-20-45(59,4-2)40(32)48-38)47-33-8-12-35(13-9-33)53-26-24-51(25-27-53)29-30-18-22-52(23-19-30)34-10-5-31(6-11-34)36-14-16-39(56)49-42(36)57/h3,5-13,15,28,30,36,59H,1,4,14,16-27,29H2,2H3,(H,46,47,50)(H,49,56,57)/t36?,45-/m1/s1. The number of carbonyl (C=O) groups is 2. The topological polar surface area (TPSA) is 154 Å². The van der Waals surface area contributed by atoms with Crippen molar-refractivity contribution in [1.29, 1.82) is 0 Å². The van der Waals surface area contributed by atoms with Gasteiger partial charge in [-0.2, -0.15) is 4.98 Å². The summed E-state index contributed by atoms with van der Waals surface area (Å²) < 4.78 is 3.26. The van der Waals surface area contributed by atoms with Crippen molar-refractivity contribution in [2.24, 2.45) is 5.92 Å². The van der Waals surface area contributed by atoms with Gasteiger partial charge in [0, 0.05) is 75.5 Å². The minimum absolute atomic E-state index is 0.180. The smallest absolute Gasteiger partial charge is 0.278 e. The fraction of sp³-hybridized carbons (Fsp3) is 0.422. The molecule has 6 heterocycles. The van der Waals surface area contributed by atoms with E-state index in [1.54, 1.807) is 21.6 Å². The number of anilines is 4. The highest BCUT2D eigenvalue weighted by Gasteiger charge is 2.37. The molecule has 2 amide bonds. The van der Waals surface area contributed by atoms with Crippen molar-refractivity contribution in [3.63, 3.8) is 0 Å². The summed E-state index contributed by atoms with van der Waals surface area (Å²) in [5, 5.41) is 17.4. The number of fused-ring (bicyclic) bond motifs is 2. The van der Waals surface area contributed by atoms with Gasteiger partial charge in [-0.1, -0.05) is 31.2 Å². The number of aryl methyl sites for hydroxylation is 1. The summed E-state index contributed by atoms with van der Waals surface area (Å²) in [5.74, 6) is 0.936. The fourth-order valence-electron chi connectivity index (χ4n) is 9.35. The van der Waals surface area contributed by atoms with E-state index in [2.05, 4.69) is 61.2 Å². The number of aliphatic hydroxyl groups is 1. The molecule has 2 aromatic carbocycles. The predicted molar refractivity (Wildman–Crippen MR) is 229 cm³/mol. The number of piperazine rings is 1. The lowest BCUT2D eigenvalue weighted by Gasteiger charge is -2.40. The molecular weight excluding hydrogens is 745 g/mol. The number of nitrogens with one attached hydrogen (secondary N) is 2. The predicted octanol–water partition coefficient (Wildman–Crippen LogP) is 5.01. The van der Waals surface area contributed by atoms with E-state index in [9.17, 15) is 19.5 Å². The molecule has 1 unspecified atom stereocenters. The third-order valence-electron chi connectivity index (χ3n) is 12.9. The maximum absolute atomic E-state index is 13.5. The molecule has 14 heteroatoms. The van der Waals surface area contributed by atoms with Gasteiger partial charge in [-0.05, 0) is 98.0 Å². The van der Waals surface area contributed by atoms with Crippen LogP contribution in [-0.4, -0.2) is 91.9 Å². The zero-order valence-electron chi connectivity index (χ0n) is 33.6. The van der Waals surface area contributed by atoms with Gasteiger partial charge in [0.05, 0.1) is 18.2 Å². The first-order chi connectivity index (χ1) is 28.7. The third kappa shape index (κ3) is 7.62. The second-order valence-electron chi connectivity index (χ2n) is 16.5. The highest BCUT2D eigenvalue weighted by atomic mass is 16.3. The van der Waals surface area contributed by atoms with Crippen LogP contribution in [0.15, 0.2) is 84.3 Å². The lowest BCUT2D eigenvalue weighted by Crippen LogP contribution is -2.49. The Morgan fingerprint density at radius 1 is 0.881 bits per heavy atom. The Kier molecular flexibility index (Phi) is 10.5. The zero-order chi connectivity index (χ0) is 40.7. The Hall–Kier alpha value is -5.86. The van der Waals surface area contributed by atoms with Gasteiger partial charge in [-0.25, -0.2) is 19.3 Å². The number of rotatable bonds is 11. The number of pyridine rings is 1. The first-order valence-corrected chi connectivity index (χ1v) is 21.1. The van der Waals surface area contributed by atoms with E-state index in [4.69, 9.17) is 9.97 Å². The summed E-state index contributed by atoms with van der Waals surface area (Å²) in [6.45, 7) is 13.3. The molecule has 0 radical (unpaired) electrons. The molecule has 14 nitrogen and oxygen atoms in total. The molecule has 59 heavy (non-hydrogen) atoms. The van der Waals surface area contributed by atoms with Crippen molar-refractivity contribution in [2.45, 2.75) is 69.9 Å². The number of hydrogen-bond acceptors (Lipinski definition) is 11. The van der Waals surface area contributed by atoms with Crippen LogP contribution >= 0.6 is 0 Å². The largest absolute Gasteiger partial charge is 0.384 e. The molecule has 3 aromatic heterocycles. The molecule has 0 saturated carbocycles. The van der Waals surface area contributed by atoms with Crippen molar-refractivity contribution in [3.05, 3.63) is 107 Å². The molecule has 3 fully saturated rings. The van der Waals surface area contributed by atoms with E-state index < -0.39 is 5.60 Å². The van der Waals surface area contributed by atoms with Gasteiger partial charge in [-0.15, -0.1) is 6.58 Å². The monoisotopic (exact) mass is 796 g/mol. The summed E-state index contributed by atoms with van der Waals surface area (Å²) in [4.78, 5) is 59.1. The number of nitrogens with zero attached hydrogens (tertiary/aromatic N) is 8. The molecule has 0 bridgehead atoms. The number of hydrogen-bond donors (Lipinski definition) is 3. The Morgan fingerprint density at radius 2 is 1.59 bits per heavy atom. The van der Waals surface area contributed by atoms with Gasteiger partial charge in [0.2, 0.25) is 17.8 Å². The van der Waals surface area contributed by atoms with Gasteiger partial charge in [0.1, 0.15) is 11.0 Å². The number of benzene rings is 2. The summed E-state index contributed by atoms with van der Waals surface area (Å²) in [6.07, 6.45) is 8.47. The van der Waals surface area contributed by atoms with Gasteiger partial charge in [0.25, 0.3) is 5.56 Å². The van der Waals surface area contributed by atoms with Crippen LogP contribution in [0.4, 0.5) is 23.0 Å². The van der Waals surface area contributed by atoms with E-state index >= 15 is 0 Å². The molecule has 0 spiro atoms. The van der Waals surface area contributed by atoms with Crippen molar-refractivity contribution < 1.29 is 14.7 Å². The average molecular weight is 797 g/mol. The Morgan fingerprint density at radius 3 is 2.29 bits per heavy atom. The molecule has 3 N–H and O–H groups in total. The number of amides is 2. The van der Waals surface area contributed by atoms with Crippen molar-refractivity contribution in [1.82, 2.24) is 34.5 Å². The zero-order valence-corrected chi connectivity index (χ0v) is 33.6. The van der Waals surface area contributed by atoms with Crippen molar-refractivity contribution in [2.75, 3.05) is 60.9 Å². The molecule has 306 valence electrons. The van der Waals surface area contributed by atoms with Gasteiger partial charge < -0.3 is 20.2 Å². The SMILES string of the molecule is C=CCn1c(=O)c2cnc(Nc3ccc(N4CCN(CC5CCN(c6ccc(C7CCC(=O)NC7=O)cc6)CC5)CC4)cc3)nc2n1-c1ccc2c(n1)[C@@](O)(CC)CC2. The average Bonchev–Trinajstić information content (AvgIpc) is 3.74. The normalized spacial score (nSPS) is 21.5. The second kappa shape index (κ2) is 16.1. The minimum Gasteiger partial charge on any atom is -0.384 e. The molecule has 9 rings (SSSR count). The Bertz CT molecular complexity index is 2430. The minimum atomic E-state index is -0.988. The number of carbonyl (C=O) groups excluding carboxylic acids is 2. The van der Waals surface area contributed by atoms with Crippen molar-refractivity contribution >= 4 is 45.9 Å². The lowest BCUT2D eigenvalue weighted by molar-refractivity contribution is -0.134. The molecule has 4 aliphatic rings. The quantitative estimate of drug-likeness (QED) is 0.122. The third-order valence-corrected chi connectivity index (χ3v) is 12.9. The summed E-state index contributed by atoms with van der Waals surface area (Å²) in [6, 6.07) is 20.5. The lowest BCUT2D eigenvalue weighted by atomic mass is 9.90. The van der Waals surface area contributed by atoms with E-state index in [1.807, 2.05) is 43.3 Å². The van der Waals surface area contributed by atoms with Crippen LogP contribution in [0.25, 0.3) is 16.9 Å². The first-order valence-electron chi connectivity index (χ1n) is 21.1. The molecule has 1 aliphatic carbocycles. The van der Waals surface area contributed by atoms with Crippen LogP contribution in [0, 0.1) is 5.92 Å². The van der Waals surface area contributed by atoms with Gasteiger partial charge >= 0.3 is 0 Å². The van der Waals surface area contributed by atoms with E-state index in [0.717, 1.165) is 81.9 Å². The second-order valence-corrected chi connectivity index (χ2v) is 16.5. The van der Waals surface area contributed by atoms with Crippen LogP contribution < -0.4 is 26.0 Å².